The normalized spacial score (nSPS) is 17.1. The van der Waals surface area contributed by atoms with Crippen LogP contribution in [0.5, 0.6) is 5.75 Å². The molecular weight excluding hydrogens is 254 g/mol. The van der Waals surface area contributed by atoms with E-state index < -0.39 is 0 Å². The van der Waals surface area contributed by atoms with Gasteiger partial charge in [-0.3, -0.25) is 4.98 Å². The Morgan fingerprint density at radius 2 is 2.20 bits per heavy atom. The standard InChI is InChI=1S/C15H11N3O2/c16-8-10-4-5-13(19)11(7-10)15-18-9-14(20-15)12-3-1-2-6-17-12/h1-7,14,19H,9H2. The van der Waals surface area contributed by atoms with Gasteiger partial charge in [0.15, 0.2) is 6.10 Å². The Bertz CT molecular complexity index is 705. The molecule has 1 atom stereocenters. The zero-order chi connectivity index (χ0) is 13.9. The van der Waals surface area contributed by atoms with Gasteiger partial charge in [-0.15, -0.1) is 0 Å². The van der Waals surface area contributed by atoms with E-state index in [0.717, 1.165) is 5.69 Å². The number of pyridine rings is 1. The number of phenols is 1. The lowest BCUT2D eigenvalue weighted by Gasteiger charge is -2.11. The van der Waals surface area contributed by atoms with Crippen LogP contribution in [0.25, 0.3) is 0 Å². The molecule has 0 fully saturated rings. The maximum absolute atomic E-state index is 9.86. The third-order valence-electron chi connectivity index (χ3n) is 3.03. The van der Waals surface area contributed by atoms with Crippen molar-refractivity contribution in [1.82, 2.24) is 4.98 Å². The summed E-state index contributed by atoms with van der Waals surface area (Å²) in [6, 6.07) is 12.2. The number of hydrogen-bond acceptors (Lipinski definition) is 5. The number of hydrogen-bond donors (Lipinski definition) is 1. The molecule has 0 amide bonds. The molecule has 5 nitrogen and oxygen atoms in total. The smallest absolute Gasteiger partial charge is 0.220 e. The van der Waals surface area contributed by atoms with Crippen LogP contribution in [0.1, 0.15) is 22.9 Å². The molecule has 1 unspecified atom stereocenters. The van der Waals surface area contributed by atoms with Gasteiger partial charge in [0.05, 0.1) is 29.4 Å². The zero-order valence-corrected chi connectivity index (χ0v) is 10.5. The number of aromatic nitrogens is 1. The SMILES string of the molecule is N#Cc1ccc(O)c(C2=NCC(c3ccccn3)O2)c1. The Balaban J connectivity index is 1.86. The van der Waals surface area contributed by atoms with Gasteiger partial charge in [-0.1, -0.05) is 6.07 Å². The van der Waals surface area contributed by atoms with Crippen LogP contribution in [-0.2, 0) is 4.74 Å². The van der Waals surface area contributed by atoms with Gasteiger partial charge in [0, 0.05) is 6.20 Å². The van der Waals surface area contributed by atoms with Crippen molar-refractivity contribution < 1.29 is 9.84 Å². The molecule has 0 radical (unpaired) electrons. The molecule has 0 spiro atoms. The van der Waals surface area contributed by atoms with Gasteiger partial charge in [0.2, 0.25) is 5.90 Å². The van der Waals surface area contributed by atoms with Gasteiger partial charge in [0.25, 0.3) is 0 Å². The van der Waals surface area contributed by atoms with Gasteiger partial charge < -0.3 is 9.84 Å². The third kappa shape index (κ3) is 2.19. The monoisotopic (exact) mass is 265 g/mol. The van der Waals surface area contributed by atoms with E-state index in [0.29, 0.717) is 23.6 Å². The molecule has 2 heterocycles. The van der Waals surface area contributed by atoms with Crippen molar-refractivity contribution in [1.29, 1.82) is 5.26 Å². The Morgan fingerprint density at radius 1 is 1.30 bits per heavy atom. The molecule has 1 N–H and O–H groups in total. The van der Waals surface area contributed by atoms with Gasteiger partial charge in [-0.2, -0.15) is 5.26 Å². The predicted molar refractivity (Wildman–Crippen MR) is 72.3 cm³/mol. The molecule has 1 aliphatic rings. The Hall–Kier alpha value is -2.87. The number of aromatic hydroxyl groups is 1. The van der Waals surface area contributed by atoms with Gasteiger partial charge in [-0.05, 0) is 30.3 Å². The summed E-state index contributed by atoms with van der Waals surface area (Å²) < 4.78 is 5.73. The van der Waals surface area contributed by atoms with Crippen molar-refractivity contribution in [3.63, 3.8) is 0 Å². The minimum atomic E-state index is -0.253. The number of aliphatic imine (C=N–C) groups is 1. The first-order valence-corrected chi connectivity index (χ1v) is 6.13. The molecule has 1 aliphatic heterocycles. The van der Waals surface area contributed by atoms with E-state index in [1.165, 1.54) is 6.07 Å². The molecule has 20 heavy (non-hydrogen) atoms. The highest BCUT2D eigenvalue weighted by Crippen LogP contribution is 2.28. The summed E-state index contributed by atoms with van der Waals surface area (Å²) in [7, 11) is 0. The highest BCUT2D eigenvalue weighted by atomic mass is 16.5. The first-order valence-electron chi connectivity index (χ1n) is 6.13. The van der Waals surface area contributed by atoms with Crippen LogP contribution in [-0.4, -0.2) is 22.5 Å². The van der Waals surface area contributed by atoms with Crippen LogP contribution >= 0.6 is 0 Å². The van der Waals surface area contributed by atoms with Gasteiger partial charge >= 0.3 is 0 Å². The molecule has 2 aromatic rings. The van der Waals surface area contributed by atoms with E-state index in [-0.39, 0.29) is 11.9 Å². The second-order valence-corrected chi connectivity index (χ2v) is 4.35. The number of nitrogens with zero attached hydrogens (tertiary/aromatic N) is 3. The lowest BCUT2D eigenvalue weighted by atomic mass is 10.1. The summed E-state index contributed by atoms with van der Waals surface area (Å²) in [5.41, 5.74) is 1.68. The van der Waals surface area contributed by atoms with Crippen molar-refractivity contribution >= 4 is 5.90 Å². The second-order valence-electron chi connectivity index (χ2n) is 4.35. The molecule has 0 aliphatic carbocycles. The van der Waals surface area contributed by atoms with Crippen molar-refractivity contribution in [2.24, 2.45) is 4.99 Å². The molecule has 0 bridgehead atoms. The van der Waals surface area contributed by atoms with Crippen LogP contribution in [0.15, 0.2) is 47.6 Å². The van der Waals surface area contributed by atoms with E-state index in [9.17, 15) is 5.11 Å². The quantitative estimate of drug-likeness (QED) is 0.902. The molecule has 0 saturated carbocycles. The number of ether oxygens (including phenoxy) is 1. The molecule has 3 rings (SSSR count). The predicted octanol–water partition coefficient (Wildman–Crippen LogP) is 2.18. The van der Waals surface area contributed by atoms with Gasteiger partial charge in [0.1, 0.15) is 5.75 Å². The average Bonchev–Trinajstić information content (AvgIpc) is 2.98. The summed E-state index contributed by atoms with van der Waals surface area (Å²) in [4.78, 5) is 8.52. The Kier molecular flexibility index (Phi) is 3.05. The highest BCUT2D eigenvalue weighted by molar-refractivity contribution is 5.98. The van der Waals surface area contributed by atoms with Crippen molar-refractivity contribution in [3.8, 4) is 11.8 Å². The fourth-order valence-corrected chi connectivity index (χ4v) is 2.02. The number of rotatable bonds is 2. The van der Waals surface area contributed by atoms with Gasteiger partial charge in [-0.25, -0.2) is 4.99 Å². The molecule has 98 valence electrons. The van der Waals surface area contributed by atoms with E-state index in [1.54, 1.807) is 18.3 Å². The summed E-state index contributed by atoms with van der Waals surface area (Å²) in [5.74, 6) is 0.389. The lowest BCUT2D eigenvalue weighted by Crippen LogP contribution is -2.08. The van der Waals surface area contributed by atoms with Crippen molar-refractivity contribution in [2.45, 2.75) is 6.10 Å². The topological polar surface area (TPSA) is 78.5 Å². The maximum atomic E-state index is 9.86. The fraction of sp³-hybridized carbons (Fsp3) is 0.133. The highest BCUT2D eigenvalue weighted by Gasteiger charge is 2.25. The maximum Gasteiger partial charge on any atom is 0.220 e. The van der Waals surface area contributed by atoms with E-state index in [2.05, 4.69) is 9.98 Å². The molecule has 0 saturated heterocycles. The van der Waals surface area contributed by atoms with E-state index in [4.69, 9.17) is 10.00 Å². The van der Waals surface area contributed by atoms with Crippen LogP contribution < -0.4 is 0 Å². The Labute approximate surface area is 115 Å². The molecule has 1 aromatic heterocycles. The minimum absolute atomic E-state index is 0.0458. The van der Waals surface area contributed by atoms with Crippen molar-refractivity contribution in [3.05, 3.63) is 59.4 Å². The van der Waals surface area contributed by atoms with Crippen LogP contribution in [0.4, 0.5) is 0 Å². The third-order valence-corrected chi connectivity index (χ3v) is 3.03. The largest absolute Gasteiger partial charge is 0.507 e. The van der Waals surface area contributed by atoms with E-state index >= 15 is 0 Å². The first-order chi connectivity index (χ1) is 9.78. The Morgan fingerprint density at radius 3 is 2.95 bits per heavy atom. The summed E-state index contributed by atoms with van der Waals surface area (Å²) in [6.45, 7) is 0.447. The second kappa shape index (κ2) is 5.02. The summed E-state index contributed by atoms with van der Waals surface area (Å²) in [6.07, 6.45) is 1.45. The average molecular weight is 265 g/mol. The number of benzene rings is 1. The molecular formula is C15H11N3O2. The molecule has 1 aromatic carbocycles. The van der Waals surface area contributed by atoms with Crippen LogP contribution in [0.3, 0.4) is 0 Å². The van der Waals surface area contributed by atoms with Crippen LogP contribution in [0.2, 0.25) is 0 Å². The molecule has 5 heteroatoms. The minimum Gasteiger partial charge on any atom is -0.507 e. The summed E-state index contributed by atoms with van der Waals surface area (Å²) in [5, 5.41) is 18.8. The number of phenolic OH excluding ortho intramolecular Hbond substituents is 1. The zero-order valence-electron chi connectivity index (χ0n) is 10.5. The number of nitriles is 1. The van der Waals surface area contributed by atoms with E-state index in [1.807, 2.05) is 24.3 Å². The fourth-order valence-electron chi connectivity index (χ4n) is 2.02. The first kappa shape index (κ1) is 12.2. The lowest BCUT2D eigenvalue weighted by molar-refractivity contribution is 0.224. The van der Waals surface area contributed by atoms with Crippen LogP contribution in [0, 0.1) is 11.3 Å². The summed E-state index contributed by atoms with van der Waals surface area (Å²) >= 11 is 0. The van der Waals surface area contributed by atoms with Crippen molar-refractivity contribution in [2.75, 3.05) is 6.54 Å².